The zero-order chi connectivity index (χ0) is 12.1. The summed E-state index contributed by atoms with van der Waals surface area (Å²) in [5.41, 5.74) is 2.27. The standard InChI is InChI=1S/C13H16O3/c1-9(2)3-4-10-7-11(13(16)8-14)5-6-12(10)15/h3,5-7,14-15H,4,8H2,1-2H3. The van der Waals surface area contributed by atoms with Gasteiger partial charge in [-0.3, -0.25) is 4.79 Å². The number of ketones is 1. The van der Waals surface area contributed by atoms with Crippen molar-refractivity contribution in [2.24, 2.45) is 0 Å². The molecule has 0 radical (unpaired) electrons. The lowest BCUT2D eigenvalue weighted by molar-refractivity contribution is 0.0903. The molecule has 0 atom stereocenters. The van der Waals surface area contributed by atoms with Crippen molar-refractivity contribution in [3.63, 3.8) is 0 Å². The van der Waals surface area contributed by atoms with Gasteiger partial charge in [-0.1, -0.05) is 11.6 Å². The molecule has 2 N–H and O–H groups in total. The molecule has 0 spiro atoms. The summed E-state index contributed by atoms with van der Waals surface area (Å²) in [6.45, 7) is 3.44. The molecule has 0 aromatic heterocycles. The normalized spacial score (nSPS) is 9.94. The van der Waals surface area contributed by atoms with Gasteiger partial charge in [-0.05, 0) is 44.0 Å². The predicted molar refractivity (Wildman–Crippen MR) is 62.7 cm³/mol. The van der Waals surface area contributed by atoms with E-state index in [-0.39, 0.29) is 11.5 Å². The molecule has 0 amide bonds. The van der Waals surface area contributed by atoms with Gasteiger partial charge in [0.2, 0.25) is 0 Å². The Morgan fingerprint density at radius 3 is 2.62 bits per heavy atom. The Balaban J connectivity index is 2.99. The van der Waals surface area contributed by atoms with Crippen LogP contribution in [0, 0.1) is 0 Å². The van der Waals surface area contributed by atoms with Crippen molar-refractivity contribution in [2.75, 3.05) is 6.61 Å². The van der Waals surface area contributed by atoms with Crippen LogP contribution in [0.5, 0.6) is 5.75 Å². The molecule has 1 aromatic carbocycles. The molecule has 0 heterocycles. The maximum Gasteiger partial charge on any atom is 0.188 e. The Kier molecular flexibility index (Phi) is 4.26. The quantitative estimate of drug-likeness (QED) is 0.603. The van der Waals surface area contributed by atoms with E-state index >= 15 is 0 Å². The van der Waals surface area contributed by atoms with Gasteiger partial charge < -0.3 is 10.2 Å². The number of rotatable bonds is 4. The summed E-state index contributed by atoms with van der Waals surface area (Å²) in [6, 6.07) is 4.62. The molecular formula is C13H16O3. The van der Waals surface area contributed by atoms with Gasteiger partial charge in [0.25, 0.3) is 0 Å². The third kappa shape index (κ3) is 3.21. The van der Waals surface area contributed by atoms with Crippen LogP contribution in [0.3, 0.4) is 0 Å². The lowest BCUT2D eigenvalue weighted by Gasteiger charge is -2.04. The number of carbonyl (C=O) groups excluding carboxylic acids is 1. The minimum Gasteiger partial charge on any atom is -0.508 e. The fourth-order valence-electron chi connectivity index (χ4n) is 1.33. The van der Waals surface area contributed by atoms with Crippen LogP contribution >= 0.6 is 0 Å². The number of phenolic OH excluding ortho intramolecular Hbond substituents is 1. The molecule has 16 heavy (non-hydrogen) atoms. The summed E-state index contributed by atoms with van der Waals surface area (Å²) >= 11 is 0. The first-order valence-electron chi connectivity index (χ1n) is 5.14. The Morgan fingerprint density at radius 2 is 2.06 bits per heavy atom. The number of Topliss-reactive ketones (excluding diaryl/α,β-unsaturated/α-hetero) is 1. The van der Waals surface area contributed by atoms with E-state index in [2.05, 4.69) is 0 Å². The van der Waals surface area contributed by atoms with E-state index in [0.717, 1.165) is 5.57 Å². The second-order valence-electron chi connectivity index (χ2n) is 3.91. The van der Waals surface area contributed by atoms with E-state index in [9.17, 15) is 9.90 Å². The molecule has 1 aromatic rings. The molecule has 86 valence electrons. The van der Waals surface area contributed by atoms with Crippen LogP contribution in [-0.4, -0.2) is 22.6 Å². The SMILES string of the molecule is CC(C)=CCc1cc(C(=O)CO)ccc1O. The number of carbonyl (C=O) groups is 1. The number of benzene rings is 1. The second-order valence-corrected chi connectivity index (χ2v) is 3.91. The van der Waals surface area contributed by atoms with E-state index < -0.39 is 6.61 Å². The molecule has 0 unspecified atom stereocenters. The van der Waals surface area contributed by atoms with E-state index in [4.69, 9.17) is 5.11 Å². The number of aromatic hydroxyl groups is 1. The lowest BCUT2D eigenvalue weighted by atomic mass is 10.0. The third-order valence-corrected chi connectivity index (χ3v) is 2.28. The van der Waals surface area contributed by atoms with Gasteiger partial charge in [0, 0.05) is 5.56 Å². The first kappa shape index (κ1) is 12.5. The van der Waals surface area contributed by atoms with E-state index in [0.29, 0.717) is 17.5 Å². The molecule has 3 nitrogen and oxygen atoms in total. The monoisotopic (exact) mass is 220 g/mol. The number of aliphatic hydroxyl groups excluding tert-OH is 1. The van der Waals surface area contributed by atoms with E-state index in [1.54, 1.807) is 6.07 Å². The molecule has 0 aliphatic rings. The average molecular weight is 220 g/mol. The minimum absolute atomic E-state index is 0.173. The van der Waals surface area contributed by atoms with Crippen molar-refractivity contribution in [3.05, 3.63) is 41.0 Å². The highest BCUT2D eigenvalue weighted by Gasteiger charge is 2.07. The first-order chi connectivity index (χ1) is 7.54. The molecule has 0 saturated heterocycles. The van der Waals surface area contributed by atoms with Gasteiger partial charge in [-0.25, -0.2) is 0 Å². The summed E-state index contributed by atoms with van der Waals surface area (Å²) < 4.78 is 0. The van der Waals surface area contributed by atoms with Gasteiger partial charge >= 0.3 is 0 Å². The fourth-order valence-corrected chi connectivity index (χ4v) is 1.33. The molecule has 0 aliphatic carbocycles. The van der Waals surface area contributed by atoms with Crippen LogP contribution in [0.1, 0.15) is 29.8 Å². The van der Waals surface area contributed by atoms with E-state index in [1.807, 2.05) is 19.9 Å². The Bertz CT molecular complexity index is 415. The summed E-state index contributed by atoms with van der Waals surface area (Å²) in [7, 11) is 0. The van der Waals surface area contributed by atoms with Crippen molar-refractivity contribution >= 4 is 5.78 Å². The molecule has 1 rings (SSSR count). The highest BCUT2D eigenvalue weighted by Crippen LogP contribution is 2.20. The average Bonchev–Trinajstić information content (AvgIpc) is 2.26. The Morgan fingerprint density at radius 1 is 1.38 bits per heavy atom. The van der Waals surface area contributed by atoms with Gasteiger partial charge in [0.15, 0.2) is 5.78 Å². The van der Waals surface area contributed by atoms with Crippen LogP contribution in [-0.2, 0) is 6.42 Å². The smallest absolute Gasteiger partial charge is 0.188 e. The van der Waals surface area contributed by atoms with Crippen molar-refractivity contribution in [2.45, 2.75) is 20.3 Å². The largest absolute Gasteiger partial charge is 0.508 e. The highest BCUT2D eigenvalue weighted by atomic mass is 16.3. The maximum atomic E-state index is 11.3. The topological polar surface area (TPSA) is 57.5 Å². The molecule has 0 bridgehead atoms. The number of hydrogen-bond donors (Lipinski definition) is 2. The summed E-state index contributed by atoms with van der Waals surface area (Å²) in [6.07, 6.45) is 2.56. The number of phenols is 1. The van der Waals surface area contributed by atoms with E-state index in [1.165, 1.54) is 12.1 Å². The van der Waals surface area contributed by atoms with Crippen LogP contribution in [0.15, 0.2) is 29.8 Å². The van der Waals surface area contributed by atoms with Gasteiger partial charge in [0.1, 0.15) is 12.4 Å². The van der Waals surface area contributed by atoms with Crippen molar-refractivity contribution in [3.8, 4) is 5.75 Å². The van der Waals surface area contributed by atoms with Crippen LogP contribution in [0.4, 0.5) is 0 Å². The van der Waals surface area contributed by atoms with Gasteiger partial charge in [-0.15, -0.1) is 0 Å². The molecule has 0 saturated carbocycles. The van der Waals surface area contributed by atoms with Crippen molar-refractivity contribution < 1.29 is 15.0 Å². The van der Waals surface area contributed by atoms with Gasteiger partial charge in [-0.2, -0.15) is 0 Å². The number of hydrogen-bond acceptors (Lipinski definition) is 3. The van der Waals surface area contributed by atoms with Crippen LogP contribution in [0.25, 0.3) is 0 Å². The van der Waals surface area contributed by atoms with Crippen molar-refractivity contribution in [1.82, 2.24) is 0 Å². The van der Waals surface area contributed by atoms with Crippen molar-refractivity contribution in [1.29, 1.82) is 0 Å². The van der Waals surface area contributed by atoms with Crippen LogP contribution < -0.4 is 0 Å². The molecule has 3 heteroatoms. The first-order valence-corrected chi connectivity index (χ1v) is 5.14. The fraction of sp³-hybridized carbons (Fsp3) is 0.308. The third-order valence-electron chi connectivity index (χ3n) is 2.28. The zero-order valence-corrected chi connectivity index (χ0v) is 9.53. The summed E-state index contributed by atoms with van der Waals surface area (Å²) in [5.74, 6) is -0.162. The molecule has 0 fully saturated rings. The number of aliphatic hydroxyl groups is 1. The van der Waals surface area contributed by atoms with Crippen LogP contribution in [0.2, 0.25) is 0 Å². The Labute approximate surface area is 95.0 Å². The zero-order valence-electron chi connectivity index (χ0n) is 9.53. The number of allylic oxidation sites excluding steroid dienone is 2. The Hall–Kier alpha value is -1.61. The molecular weight excluding hydrogens is 204 g/mol. The predicted octanol–water partition coefficient (Wildman–Crippen LogP) is 2.08. The highest BCUT2D eigenvalue weighted by molar-refractivity contribution is 5.97. The maximum absolute atomic E-state index is 11.3. The van der Waals surface area contributed by atoms with Gasteiger partial charge in [0.05, 0.1) is 0 Å². The summed E-state index contributed by atoms with van der Waals surface area (Å²) in [4.78, 5) is 11.3. The minimum atomic E-state index is -0.507. The molecule has 0 aliphatic heterocycles. The second kappa shape index (κ2) is 5.47. The lowest BCUT2D eigenvalue weighted by Crippen LogP contribution is -2.04. The summed E-state index contributed by atoms with van der Waals surface area (Å²) in [5, 5.41) is 18.3.